The van der Waals surface area contributed by atoms with Crippen molar-refractivity contribution in [2.45, 2.75) is 19.3 Å². The van der Waals surface area contributed by atoms with Gasteiger partial charge in [-0.15, -0.1) is 0 Å². The smallest absolute Gasteiger partial charge is 0.550 e. The molecule has 0 aliphatic carbocycles. The van der Waals surface area contributed by atoms with Gasteiger partial charge in [0.25, 0.3) is 0 Å². The minimum Gasteiger partial charge on any atom is -0.550 e. The van der Waals surface area contributed by atoms with Crippen molar-refractivity contribution in [2.75, 3.05) is 20.6 Å². The number of carbonyl (C=O) groups is 2. The van der Waals surface area contributed by atoms with E-state index in [0.717, 1.165) is 6.54 Å². The molecule has 1 atom stereocenters. The van der Waals surface area contributed by atoms with Crippen molar-refractivity contribution < 1.29 is 40.9 Å². The molecule has 8 heteroatoms. The molecule has 106 valence electrons. The summed E-state index contributed by atoms with van der Waals surface area (Å²) in [4.78, 5) is 22.6. The number of hydrogen-bond donors (Lipinski definition) is 2. The topological polar surface area (TPSA) is 154 Å². The summed E-state index contributed by atoms with van der Waals surface area (Å²) < 4.78 is 0. The molecular weight excluding hydrogens is 409 g/mol. The molecule has 6 N–H and O–H groups in total. The Bertz CT molecular complexity index is 214. The summed E-state index contributed by atoms with van der Waals surface area (Å²) in [6.07, 6.45) is 0.489. The van der Waals surface area contributed by atoms with Crippen LogP contribution in [-0.2, 0) is 30.7 Å². The maximum absolute atomic E-state index is 10.5. The molecular formula is C9H21N3O4Pt. The van der Waals surface area contributed by atoms with E-state index < -0.39 is 24.3 Å². The van der Waals surface area contributed by atoms with E-state index in [2.05, 4.69) is 0 Å². The van der Waals surface area contributed by atoms with Crippen LogP contribution in [0.3, 0.4) is 0 Å². The van der Waals surface area contributed by atoms with Crippen molar-refractivity contribution in [1.82, 2.24) is 17.2 Å². The summed E-state index contributed by atoms with van der Waals surface area (Å²) in [7, 11) is 3.74. The van der Waals surface area contributed by atoms with Gasteiger partial charge in [0.15, 0.2) is 0 Å². The Hall–Kier alpha value is -0.492. The second kappa shape index (κ2) is 13.6. The number of carboxylic acid groups (broad SMARTS) is 2. The third kappa shape index (κ3) is 15.5. The van der Waals surface area contributed by atoms with E-state index in [0.29, 0.717) is 12.8 Å². The van der Waals surface area contributed by atoms with Gasteiger partial charge in [0.1, 0.15) is 0 Å². The summed E-state index contributed by atoms with van der Waals surface area (Å²) >= 11 is 0. The fourth-order valence-electron chi connectivity index (χ4n) is 1.16. The first-order valence-corrected chi connectivity index (χ1v) is 4.49. The van der Waals surface area contributed by atoms with Crippen LogP contribution < -0.4 is 22.5 Å². The summed E-state index contributed by atoms with van der Waals surface area (Å²) in [5.74, 6) is -3.59. The first-order chi connectivity index (χ1) is 6.43. The van der Waals surface area contributed by atoms with Crippen molar-refractivity contribution in [3.63, 3.8) is 0 Å². The summed E-state index contributed by atoms with van der Waals surface area (Å²) in [6.45, 7) is 0.733. The molecule has 0 aromatic rings. The van der Waals surface area contributed by atoms with E-state index in [1.54, 1.807) is 0 Å². The molecule has 0 radical (unpaired) electrons. The third-order valence-corrected chi connectivity index (χ3v) is 1.90. The molecule has 0 fully saturated rings. The number of rotatable bonds is 7. The zero-order chi connectivity index (χ0) is 11.1. The minimum absolute atomic E-state index is 0. The van der Waals surface area contributed by atoms with Crippen LogP contribution in [-0.4, -0.2) is 37.5 Å². The molecule has 7 nitrogen and oxygen atoms in total. The van der Waals surface area contributed by atoms with Gasteiger partial charge < -0.3 is 37.0 Å². The third-order valence-electron chi connectivity index (χ3n) is 1.90. The molecule has 0 amide bonds. The predicted molar refractivity (Wildman–Crippen MR) is 56.0 cm³/mol. The quantitative estimate of drug-likeness (QED) is 0.481. The van der Waals surface area contributed by atoms with Crippen LogP contribution >= 0.6 is 0 Å². The Balaban J connectivity index is -0.000000282. The summed E-state index contributed by atoms with van der Waals surface area (Å²) in [5.41, 5.74) is 0. The molecule has 0 spiro atoms. The van der Waals surface area contributed by atoms with E-state index in [4.69, 9.17) is 0 Å². The van der Waals surface area contributed by atoms with Gasteiger partial charge in [-0.25, -0.2) is 0 Å². The molecule has 1 unspecified atom stereocenters. The average molecular weight is 430 g/mol. The average Bonchev–Trinajstić information content (AvgIpc) is 2.00. The second-order valence-electron chi connectivity index (χ2n) is 3.54. The van der Waals surface area contributed by atoms with Crippen LogP contribution in [0.25, 0.3) is 0 Å². The van der Waals surface area contributed by atoms with Gasteiger partial charge in [-0.2, -0.15) is 0 Å². The maximum atomic E-state index is 10.5. The second-order valence-corrected chi connectivity index (χ2v) is 3.54. The van der Waals surface area contributed by atoms with Crippen LogP contribution in [0.1, 0.15) is 19.3 Å². The molecule has 0 aromatic carbocycles. The monoisotopic (exact) mass is 430 g/mol. The van der Waals surface area contributed by atoms with Crippen LogP contribution in [0.5, 0.6) is 0 Å². The van der Waals surface area contributed by atoms with Gasteiger partial charge in [-0.3, -0.25) is 0 Å². The minimum atomic E-state index is -1.34. The molecule has 0 rings (SSSR count). The fraction of sp³-hybridized carbons (Fsp3) is 0.778. The molecule has 0 heterocycles. The van der Waals surface area contributed by atoms with Gasteiger partial charge in [0, 0.05) is 17.9 Å². The predicted octanol–water partition coefficient (Wildman–Crippen LogP) is -1.84. The van der Waals surface area contributed by atoms with Crippen molar-refractivity contribution in [3.8, 4) is 0 Å². The normalized spacial score (nSPS) is 10.5. The SMILES string of the molecule is CN(C)CCCC(CC(=O)[O-])C(=O)[O-].N.N.[Pt+2]. The van der Waals surface area contributed by atoms with E-state index in [1.165, 1.54) is 0 Å². The molecule has 0 aliphatic heterocycles. The number of carbonyl (C=O) groups excluding carboxylic acids is 2. The maximum Gasteiger partial charge on any atom is 2.00 e. The van der Waals surface area contributed by atoms with E-state index in [-0.39, 0.29) is 33.4 Å². The van der Waals surface area contributed by atoms with Crippen molar-refractivity contribution in [3.05, 3.63) is 0 Å². The zero-order valence-electron chi connectivity index (χ0n) is 10.2. The van der Waals surface area contributed by atoms with Crippen LogP contribution in [0, 0.1) is 5.92 Å². The first kappa shape index (κ1) is 25.4. The number of carboxylic acids is 2. The Morgan fingerprint density at radius 2 is 1.65 bits per heavy atom. The van der Waals surface area contributed by atoms with Crippen molar-refractivity contribution >= 4 is 11.9 Å². The number of hydrogen-bond acceptors (Lipinski definition) is 7. The van der Waals surface area contributed by atoms with Crippen LogP contribution in [0.2, 0.25) is 0 Å². The first-order valence-electron chi connectivity index (χ1n) is 4.49. The number of aliphatic carboxylic acids is 2. The van der Waals surface area contributed by atoms with Gasteiger partial charge >= 0.3 is 21.1 Å². The Labute approximate surface area is 116 Å². The van der Waals surface area contributed by atoms with Gasteiger partial charge in [-0.05, 0) is 39.9 Å². The molecule has 17 heavy (non-hydrogen) atoms. The molecule has 0 aromatic heterocycles. The molecule has 0 saturated carbocycles. The molecule has 0 bridgehead atoms. The van der Waals surface area contributed by atoms with Crippen molar-refractivity contribution in [2.24, 2.45) is 5.92 Å². The van der Waals surface area contributed by atoms with Gasteiger partial charge in [-0.1, -0.05) is 0 Å². The van der Waals surface area contributed by atoms with Gasteiger partial charge in [0.2, 0.25) is 0 Å². The summed E-state index contributed by atoms with van der Waals surface area (Å²) in [5, 5.41) is 20.7. The standard InChI is InChI=1S/C9H17NO4.2H3N.Pt/c1-10(2)5-3-4-7(9(13)14)6-8(11)12;;;/h7H,3-6H2,1-2H3,(H,11,12)(H,13,14);2*1H3;/q;;;+2/p-2. The number of nitrogens with zero attached hydrogens (tertiary/aromatic N) is 1. The summed E-state index contributed by atoms with van der Waals surface area (Å²) in [6, 6.07) is 0. The largest absolute Gasteiger partial charge is 2.00 e. The Morgan fingerprint density at radius 3 is 1.94 bits per heavy atom. The van der Waals surface area contributed by atoms with Gasteiger partial charge in [0.05, 0.1) is 0 Å². The Kier molecular flexibility index (Phi) is 20.3. The molecule has 0 aliphatic rings. The van der Waals surface area contributed by atoms with E-state index >= 15 is 0 Å². The zero-order valence-corrected chi connectivity index (χ0v) is 12.5. The van der Waals surface area contributed by atoms with Crippen LogP contribution in [0.4, 0.5) is 0 Å². The van der Waals surface area contributed by atoms with Crippen LogP contribution in [0.15, 0.2) is 0 Å². The van der Waals surface area contributed by atoms with Crippen molar-refractivity contribution in [1.29, 1.82) is 0 Å². The Morgan fingerprint density at radius 1 is 1.18 bits per heavy atom. The molecule has 0 saturated heterocycles. The van der Waals surface area contributed by atoms with E-state index in [1.807, 2.05) is 19.0 Å². The fourth-order valence-corrected chi connectivity index (χ4v) is 1.16. The van der Waals surface area contributed by atoms with E-state index in [9.17, 15) is 19.8 Å².